The van der Waals surface area contributed by atoms with Crippen LogP contribution in [0, 0.1) is 0 Å². The number of hydrogen-bond donors (Lipinski definition) is 2. The van der Waals surface area contributed by atoms with Crippen LogP contribution in [0.2, 0.25) is 0 Å². The number of aliphatic hydroxyl groups is 2. The number of esters is 1. The molecule has 0 saturated heterocycles. The van der Waals surface area contributed by atoms with Gasteiger partial charge in [-0.2, -0.15) is 0 Å². The molecule has 0 saturated carbocycles. The average molecular weight is 216 g/mol. The first kappa shape index (κ1) is 11.2. The number of carbonyl (C=O) groups is 1. The fourth-order valence-corrected chi connectivity index (χ4v) is 1.78. The third-order valence-electron chi connectivity index (χ3n) is 1.80. The summed E-state index contributed by atoms with van der Waals surface area (Å²) >= 11 is 1.33. The van der Waals surface area contributed by atoms with Crippen LogP contribution in [0.5, 0.6) is 0 Å². The van der Waals surface area contributed by atoms with Crippen LogP contribution in [0.25, 0.3) is 0 Å². The highest BCUT2D eigenvalue weighted by Gasteiger charge is 2.22. The molecule has 0 aliphatic heterocycles. The average Bonchev–Trinajstić information content (AvgIpc) is 2.69. The summed E-state index contributed by atoms with van der Waals surface area (Å²) in [6, 6.07) is 3.48. The third kappa shape index (κ3) is 2.80. The predicted molar refractivity (Wildman–Crippen MR) is 51.9 cm³/mol. The summed E-state index contributed by atoms with van der Waals surface area (Å²) in [5, 5.41) is 20.8. The van der Waals surface area contributed by atoms with Crippen molar-refractivity contribution in [2.24, 2.45) is 0 Å². The smallest absolute Gasteiger partial charge is 0.308 e. The molecule has 0 spiro atoms. The second-order valence-electron chi connectivity index (χ2n) is 2.81. The van der Waals surface area contributed by atoms with E-state index in [1.165, 1.54) is 18.4 Å². The van der Waals surface area contributed by atoms with Crippen molar-refractivity contribution in [1.82, 2.24) is 0 Å². The summed E-state index contributed by atoms with van der Waals surface area (Å²) in [5.74, 6) is -0.534. The number of thiophene rings is 1. The van der Waals surface area contributed by atoms with Crippen molar-refractivity contribution in [2.45, 2.75) is 18.6 Å². The molecule has 0 radical (unpaired) electrons. The SMILES string of the molecule is COC(=O)CC(O)C(O)c1cccs1. The van der Waals surface area contributed by atoms with Gasteiger partial charge in [0, 0.05) is 4.88 Å². The van der Waals surface area contributed by atoms with E-state index in [4.69, 9.17) is 0 Å². The van der Waals surface area contributed by atoms with E-state index in [1.807, 2.05) is 0 Å². The fourth-order valence-electron chi connectivity index (χ4n) is 1.01. The molecule has 14 heavy (non-hydrogen) atoms. The van der Waals surface area contributed by atoms with Crippen molar-refractivity contribution in [3.8, 4) is 0 Å². The van der Waals surface area contributed by atoms with Crippen molar-refractivity contribution in [3.63, 3.8) is 0 Å². The largest absolute Gasteiger partial charge is 0.469 e. The highest BCUT2D eigenvalue weighted by Crippen LogP contribution is 2.23. The Morgan fingerprint density at radius 3 is 2.86 bits per heavy atom. The van der Waals surface area contributed by atoms with Crippen LogP contribution in [0.4, 0.5) is 0 Å². The van der Waals surface area contributed by atoms with Gasteiger partial charge in [0.1, 0.15) is 6.10 Å². The highest BCUT2D eigenvalue weighted by molar-refractivity contribution is 7.10. The number of rotatable bonds is 4. The molecule has 2 atom stereocenters. The molecule has 0 fully saturated rings. The summed E-state index contributed by atoms with van der Waals surface area (Å²) in [7, 11) is 1.24. The zero-order valence-electron chi connectivity index (χ0n) is 7.71. The summed E-state index contributed by atoms with van der Waals surface area (Å²) in [4.78, 5) is 11.4. The van der Waals surface area contributed by atoms with E-state index in [0.717, 1.165) is 0 Å². The zero-order chi connectivity index (χ0) is 10.6. The molecule has 0 aliphatic rings. The van der Waals surface area contributed by atoms with Crippen LogP contribution >= 0.6 is 11.3 Å². The van der Waals surface area contributed by atoms with E-state index in [2.05, 4.69) is 4.74 Å². The molecule has 78 valence electrons. The molecule has 2 unspecified atom stereocenters. The molecule has 1 aromatic rings. The third-order valence-corrected chi connectivity index (χ3v) is 2.75. The van der Waals surface area contributed by atoms with Gasteiger partial charge in [-0.15, -0.1) is 11.3 Å². The molecule has 2 N–H and O–H groups in total. The molecule has 4 nitrogen and oxygen atoms in total. The van der Waals surface area contributed by atoms with Crippen LogP contribution in [0.1, 0.15) is 17.4 Å². The number of hydrogen-bond acceptors (Lipinski definition) is 5. The Morgan fingerprint density at radius 1 is 1.64 bits per heavy atom. The standard InChI is InChI=1S/C9H12O4S/c1-13-8(11)5-6(10)9(12)7-3-2-4-14-7/h2-4,6,9-10,12H,5H2,1H3. The Kier molecular flexibility index (Phi) is 4.06. The maximum atomic E-state index is 10.8. The van der Waals surface area contributed by atoms with Crippen LogP contribution in [0.15, 0.2) is 17.5 Å². The van der Waals surface area contributed by atoms with Gasteiger partial charge in [0.25, 0.3) is 0 Å². The maximum Gasteiger partial charge on any atom is 0.308 e. The minimum Gasteiger partial charge on any atom is -0.469 e. The summed E-state index contributed by atoms with van der Waals surface area (Å²) < 4.78 is 4.38. The molecule has 0 amide bonds. The van der Waals surface area contributed by atoms with Gasteiger partial charge < -0.3 is 14.9 Å². The Hall–Kier alpha value is -0.910. The van der Waals surface area contributed by atoms with Crippen molar-refractivity contribution in [2.75, 3.05) is 7.11 Å². The fraction of sp³-hybridized carbons (Fsp3) is 0.444. The Balaban J connectivity index is 2.53. The number of aliphatic hydroxyl groups excluding tert-OH is 2. The van der Waals surface area contributed by atoms with E-state index >= 15 is 0 Å². The van der Waals surface area contributed by atoms with Gasteiger partial charge in [-0.25, -0.2) is 0 Å². The predicted octanol–water partition coefficient (Wildman–Crippen LogP) is 0.706. The zero-order valence-corrected chi connectivity index (χ0v) is 8.53. The first-order valence-electron chi connectivity index (χ1n) is 4.11. The van der Waals surface area contributed by atoms with Crippen LogP contribution in [0.3, 0.4) is 0 Å². The number of methoxy groups -OCH3 is 1. The molecule has 1 heterocycles. The second-order valence-corrected chi connectivity index (χ2v) is 3.79. The van der Waals surface area contributed by atoms with Crippen molar-refractivity contribution >= 4 is 17.3 Å². The van der Waals surface area contributed by atoms with Gasteiger partial charge in [-0.3, -0.25) is 4.79 Å². The van der Waals surface area contributed by atoms with Crippen LogP contribution in [-0.2, 0) is 9.53 Å². The minimum absolute atomic E-state index is 0.199. The number of carbonyl (C=O) groups excluding carboxylic acids is 1. The van der Waals surface area contributed by atoms with Crippen molar-refractivity contribution in [3.05, 3.63) is 22.4 Å². The topological polar surface area (TPSA) is 66.8 Å². The van der Waals surface area contributed by atoms with Gasteiger partial charge in [0.2, 0.25) is 0 Å². The first-order valence-corrected chi connectivity index (χ1v) is 4.99. The van der Waals surface area contributed by atoms with Gasteiger partial charge in [-0.05, 0) is 11.4 Å². The van der Waals surface area contributed by atoms with E-state index in [0.29, 0.717) is 4.88 Å². The van der Waals surface area contributed by atoms with E-state index in [-0.39, 0.29) is 6.42 Å². The number of ether oxygens (including phenoxy) is 1. The van der Waals surface area contributed by atoms with Gasteiger partial charge in [0.05, 0.1) is 19.6 Å². The van der Waals surface area contributed by atoms with Crippen molar-refractivity contribution in [1.29, 1.82) is 0 Å². The van der Waals surface area contributed by atoms with Crippen molar-refractivity contribution < 1.29 is 19.7 Å². The molecular weight excluding hydrogens is 204 g/mol. The van der Waals surface area contributed by atoms with Gasteiger partial charge >= 0.3 is 5.97 Å². The quantitative estimate of drug-likeness (QED) is 0.727. The van der Waals surface area contributed by atoms with E-state index in [9.17, 15) is 15.0 Å². The normalized spacial score (nSPS) is 14.8. The van der Waals surface area contributed by atoms with Gasteiger partial charge in [0.15, 0.2) is 0 Å². The minimum atomic E-state index is -1.11. The van der Waals surface area contributed by atoms with E-state index < -0.39 is 18.2 Å². The molecular formula is C9H12O4S. The molecule has 1 rings (SSSR count). The molecule has 1 aromatic heterocycles. The summed E-state index contributed by atoms with van der Waals surface area (Å²) in [5.41, 5.74) is 0. The second kappa shape index (κ2) is 5.09. The molecule has 0 aromatic carbocycles. The van der Waals surface area contributed by atoms with Crippen LogP contribution < -0.4 is 0 Å². The Morgan fingerprint density at radius 2 is 2.36 bits per heavy atom. The molecule has 5 heteroatoms. The Bertz CT molecular complexity index is 283. The lowest BCUT2D eigenvalue weighted by Gasteiger charge is -2.14. The molecule has 0 aliphatic carbocycles. The maximum absolute atomic E-state index is 10.8. The van der Waals surface area contributed by atoms with Gasteiger partial charge in [-0.1, -0.05) is 6.07 Å². The summed E-state index contributed by atoms with van der Waals surface area (Å²) in [6.45, 7) is 0. The van der Waals surface area contributed by atoms with Crippen LogP contribution in [-0.4, -0.2) is 29.4 Å². The summed E-state index contributed by atoms with van der Waals surface area (Å²) in [6.07, 6.45) is -2.33. The monoisotopic (exact) mass is 216 g/mol. The lowest BCUT2D eigenvalue weighted by Crippen LogP contribution is -2.21. The highest BCUT2D eigenvalue weighted by atomic mass is 32.1. The van der Waals surface area contributed by atoms with E-state index in [1.54, 1.807) is 17.5 Å². The molecule has 0 bridgehead atoms. The lowest BCUT2D eigenvalue weighted by molar-refractivity contribution is -0.144. The first-order chi connectivity index (χ1) is 6.65. The lowest BCUT2D eigenvalue weighted by atomic mass is 10.1. The Labute approximate surface area is 85.8 Å².